The first-order valence-electron chi connectivity index (χ1n) is 8.79. The van der Waals surface area contributed by atoms with E-state index in [2.05, 4.69) is 25.9 Å². The number of rotatable bonds is 5. The summed E-state index contributed by atoms with van der Waals surface area (Å²) in [5.41, 5.74) is 2.29. The maximum Gasteiger partial charge on any atom is 0.251 e. The van der Waals surface area contributed by atoms with Gasteiger partial charge in [-0.2, -0.15) is 5.21 Å². The fourth-order valence-electron chi connectivity index (χ4n) is 2.87. The van der Waals surface area contributed by atoms with Gasteiger partial charge in [0.15, 0.2) is 0 Å². The number of aromatic amines is 1. The van der Waals surface area contributed by atoms with E-state index in [0.29, 0.717) is 32.7 Å². The van der Waals surface area contributed by atoms with Crippen LogP contribution in [0.4, 0.5) is 5.69 Å². The van der Waals surface area contributed by atoms with Crippen molar-refractivity contribution in [2.45, 2.75) is 6.54 Å². The molecule has 10 heteroatoms. The van der Waals surface area contributed by atoms with Crippen molar-refractivity contribution in [3.63, 3.8) is 0 Å². The number of H-pyrrole nitrogens is 1. The smallest absolute Gasteiger partial charge is 0.251 e. The molecule has 30 heavy (non-hydrogen) atoms. The Hall–Kier alpha value is -3.49. The van der Waals surface area contributed by atoms with Gasteiger partial charge in [-0.1, -0.05) is 23.2 Å². The molecule has 0 radical (unpaired) electrons. The first-order valence-corrected chi connectivity index (χ1v) is 9.55. The second-order valence-electron chi connectivity index (χ2n) is 6.37. The normalized spacial score (nSPS) is 10.7. The van der Waals surface area contributed by atoms with Gasteiger partial charge in [0, 0.05) is 39.1 Å². The molecule has 1 amide bonds. The topological polar surface area (TPSA) is 106 Å². The Balaban J connectivity index is 1.46. The van der Waals surface area contributed by atoms with Gasteiger partial charge in [0.2, 0.25) is 11.7 Å². The fraction of sp³-hybridized carbons (Fsp3) is 0.0500. The Morgan fingerprint density at radius 3 is 2.53 bits per heavy atom. The first kappa shape index (κ1) is 19.8. The second-order valence-corrected chi connectivity index (χ2v) is 7.21. The summed E-state index contributed by atoms with van der Waals surface area (Å²) in [6, 6.07) is 15.1. The maximum atomic E-state index is 12.5. The Morgan fingerprint density at radius 1 is 1.03 bits per heavy atom. The number of nitrogens with one attached hydrogen (secondary N) is 2. The van der Waals surface area contributed by atoms with Gasteiger partial charge in [0.05, 0.1) is 0 Å². The SMILES string of the molecule is O=C(Cn1ccc(-c2cc(Cl)ccc2Cl)cc1=O)Nc1ccc(-c2nn[nH]n2)cc1. The van der Waals surface area contributed by atoms with E-state index in [-0.39, 0.29) is 18.0 Å². The quantitative estimate of drug-likeness (QED) is 0.492. The van der Waals surface area contributed by atoms with Crippen LogP contribution in [0.25, 0.3) is 22.5 Å². The molecule has 150 valence electrons. The third-order valence-corrected chi connectivity index (χ3v) is 4.89. The highest BCUT2D eigenvalue weighted by Gasteiger charge is 2.10. The van der Waals surface area contributed by atoms with Crippen molar-refractivity contribution < 1.29 is 4.79 Å². The summed E-state index contributed by atoms with van der Waals surface area (Å²) in [5, 5.41) is 17.4. The molecule has 0 saturated heterocycles. The number of nitrogens with zero attached hydrogens (tertiary/aromatic N) is 4. The molecule has 4 rings (SSSR count). The van der Waals surface area contributed by atoms with E-state index in [0.717, 1.165) is 5.56 Å². The lowest BCUT2D eigenvalue weighted by atomic mass is 10.1. The van der Waals surface area contributed by atoms with E-state index in [1.165, 1.54) is 10.6 Å². The molecule has 2 heterocycles. The van der Waals surface area contributed by atoms with E-state index >= 15 is 0 Å². The zero-order valence-electron chi connectivity index (χ0n) is 15.3. The number of amides is 1. The molecule has 0 unspecified atom stereocenters. The number of hydrogen-bond acceptors (Lipinski definition) is 5. The van der Waals surface area contributed by atoms with Crippen LogP contribution >= 0.6 is 23.2 Å². The van der Waals surface area contributed by atoms with Crippen molar-refractivity contribution >= 4 is 34.8 Å². The molecule has 0 aliphatic heterocycles. The highest BCUT2D eigenvalue weighted by Crippen LogP contribution is 2.29. The number of halogens is 2. The van der Waals surface area contributed by atoms with Gasteiger partial charge in [-0.05, 0) is 59.3 Å². The standard InChI is InChI=1S/C20H14Cl2N6O2/c21-14-3-6-17(22)16(10-14)13-7-8-28(19(30)9-13)11-18(29)23-15-4-1-12(2-5-15)20-24-26-27-25-20/h1-10H,11H2,(H,23,29)(H,24,25,26,27). The van der Waals surface area contributed by atoms with Crippen LogP contribution in [-0.4, -0.2) is 31.1 Å². The zero-order valence-corrected chi connectivity index (χ0v) is 16.9. The van der Waals surface area contributed by atoms with Gasteiger partial charge < -0.3 is 9.88 Å². The molecular formula is C20H14Cl2N6O2. The summed E-state index contributed by atoms with van der Waals surface area (Å²) >= 11 is 12.2. The highest BCUT2D eigenvalue weighted by molar-refractivity contribution is 6.35. The van der Waals surface area contributed by atoms with Crippen LogP contribution in [0, 0.1) is 0 Å². The predicted molar refractivity (Wildman–Crippen MR) is 114 cm³/mol. The number of pyridine rings is 1. The number of benzene rings is 2. The minimum atomic E-state index is -0.335. The molecule has 0 atom stereocenters. The van der Waals surface area contributed by atoms with Gasteiger partial charge in [-0.3, -0.25) is 9.59 Å². The van der Waals surface area contributed by atoms with Crippen LogP contribution in [-0.2, 0) is 11.3 Å². The number of aromatic nitrogens is 5. The molecule has 0 saturated carbocycles. The summed E-state index contributed by atoms with van der Waals surface area (Å²) in [4.78, 5) is 24.8. The molecule has 2 N–H and O–H groups in total. The van der Waals surface area contributed by atoms with Gasteiger partial charge in [0.1, 0.15) is 6.54 Å². The second kappa shape index (κ2) is 8.48. The number of hydrogen-bond donors (Lipinski definition) is 2. The van der Waals surface area contributed by atoms with Crippen molar-refractivity contribution in [1.82, 2.24) is 25.2 Å². The molecule has 4 aromatic rings. The zero-order chi connectivity index (χ0) is 21.1. The number of tetrazole rings is 1. The molecule has 0 aliphatic carbocycles. The lowest BCUT2D eigenvalue weighted by Gasteiger charge is -2.10. The van der Waals surface area contributed by atoms with Crippen molar-refractivity contribution in [3.8, 4) is 22.5 Å². The number of carbonyl (C=O) groups excluding carboxylic acids is 1. The summed E-state index contributed by atoms with van der Waals surface area (Å²) in [7, 11) is 0. The number of anilines is 1. The van der Waals surface area contributed by atoms with Crippen LogP contribution in [0.2, 0.25) is 10.0 Å². The van der Waals surface area contributed by atoms with E-state index in [1.54, 1.807) is 54.7 Å². The van der Waals surface area contributed by atoms with Crippen molar-refractivity contribution in [2.24, 2.45) is 0 Å². The van der Waals surface area contributed by atoms with Crippen LogP contribution < -0.4 is 10.9 Å². The maximum absolute atomic E-state index is 12.5. The third kappa shape index (κ3) is 4.40. The predicted octanol–water partition coefficient (Wildman–Crippen LogP) is 3.64. The summed E-state index contributed by atoms with van der Waals surface area (Å²) < 4.78 is 1.31. The fourth-order valence-corrected chi connectivity index (χ4v) is 3.27. The van der Waals surface area contributed by atoms with E-state index in [1.807, 2.05) is 0 Å². The third-order valence-electron chi connectivity index (χ3n) is 4.32. The van der Waals surface area contributed by atoms with E-state index < -0.39 is 0 Å². The van der Waals surface area contributed by atoms with Gasteiger partial charge in [0.25, 0.3) is 5.56 Å². The average Bonchev–Trinajstić information content (AvgIpc) is 3.27. The molecule has 0 bridgehead atoms. The van der Waals surface area contributed by atoms with E-state index in [4.69, 9.17) is 23.2 Å². The monoisotopic (exact) mass is 440 g/mol. The van der Waals surface area contributed by atoms with Crippen LogP contribution in [0.5, 0.6) is 0 Å². The van der Waals surface area contributed by atoms with Crippen LogP contribution in [0.15, 0.2) is 65.6 Å². The lowest BCUT2D eigenvalue weighted by Crippen LogP contribution is -2.26. The molecule has 2 aromatic heterocycles. The minimum absolute atomic E-state index is 0.130. The number of carbonyl (C=O) groups is 1. The molecular weight excluding hydrogens is 427 g/mol. The average molecular weight is 441 g/mol. The Morgan fingerprint density at radius 2 is 1.83 bits per heavy atom. The molecule has 2 aromatic carbocycles. The van der Waals surface area contributed by atoms with Crippen LogP contribution in [0.3, 0.4) is 0 Å². The van der Waals surface area contributed by atoms with Gasteiger partial charge in [-0.15, -0.1) is 10.2 Å². The van der Waals surface area contributed by atoms with Crippen molar-refractivity contribution in [1.29, 1.82) is 0 Å². The minimum Gasteiger partial charge on any atom is -0.325 e. The van der Waals surface area contributed by atoms with Crippen LogP contribution in [0.1, 0.15) is 0 Å². The molecule has 0 spiro atoms. The summed E-state index contributed by atoms with van der Waals surface area (Å²) in [5.74, 6) is 0.122. The first-order chi connectivity index (χ1) is 14.5. The van der Waals surface area contributed by atoms with Gasteiger partial charge in [-0.25, -0.2) is 0 Å². The Bertz CT molecular complexity index is 1250. The Kier molecular flexibility index (Phi) is 5.60. The molecule has 0 aliphatic rings. The molecule has 8 nitrogen and oxygen atoms in total. The van der Waals surface area contributed by atoms with E-state index in [9.17, 15) is 9.59 Å². The lowest BCUT2D eigenvalue weighted by molar-refractivity contribution is -0.116. The summed E-state index contributed by atoms with van der Waals surface area (Å²) in [6.45, 7) is -0.130. The Labute approximate surface area is 180 Å². The van der Waals surface area contributed by atoms with Crippen molar-refractivity contribution in [3.05, 3.63) is 81.2 Å². The largest absolute Gasteiger partial charge is 0.325 e. The molecule has 0 fully saturated rings. The highest BCUT2D eigenvalue weighted by atomic mass is 35.5. The van der Waals surface area contributed by atoms with Gasteiger partial charge >= 0.3 is 0 Å². The summed E-state index contributed by atoms with van der Waals surface area (Å²) in [6.07, 6.45) is 1.55. The van der Waals surface area contributed by atoms with Crippen molar-refractivity contribution in [2.75, 3.05) is 5.32 Å².